The van der Waals surface area contributed by atoms with Gasteiger partial charge in [0.1, 0.15) is 54.7 Å². The van der Waals surface area contributed by atoms with E-state index < -0.39 is 17.1 Å². The number of anilines is 1. The monoisotopic (exact) mass is 640 g/mol. The molecule has 4 unspecified atom stereocenters. The van der Waals surface area contributed by atoms with Crippen molar-refractivity contribution in [3.05, 3.63) is 89.1 Å². The van der Waals surface area contributed by atoms with E-state index in [1.54, 1.807) is 52.7 Å². The number of allylic oxidation sites excluding steroid dienone is 3. The summed E-state index contributed by atoms with van der Waals surface area (Å²) in [7, 11) is 6.44. The van der Waals surface area contributed by atoms with E-state index in [-0.39, 0.29) is 32.5 Å². The highest BCUT2D eigenvalue weighted by atomic mass is 16.5. The molecule has 0 aliphatic heterocycles. The Hall–Kier alpha value is -4.26. The minimum absolute atomic E-state index is 0.102. The van der Waals surface area contributed by atoms with Crippen molar-refractivity contribution < 1.29 is 37.9 Å². The zero-order valence-electron chi connectivity index (χ0n) is 27.4. The molecule has 252 valence electrons. The second-order valence-corrected chi connectivity index (χ2v) is 11.9. The van der Waals surface area contributed by atoms with E-state index >= 15 is 0 Å². The standard InChI is InChI=1S/C34H48N4O8/c1-33(38)17-25(42-5)9-13-32(33)46-21-34(18-43-29-10-6-22(39-2)14-26(29)35,19-44-30-11-7-23(40-3)15-27(30)36)20-45-31-12-8-24(41-4)16-28(31)37/h6-7,9-10,12-16,24,30H,8,11,17-21,35-38H2,1-5H3. The number of benzene rings is 1. The summed E-state index contributed by atoms with van der Waals surface area (Å²) in [5.41, 5.74) is 25.5. The Balaban J connectivity index is 1.65. The first-order chi connectivity index (χ1) is 22.0. The van der Waals surface area contributed by atoms with E-state index in [0.29, 0.717) is 65.1 Å². The van der Waals surface area contributed by atoms with Gasteiger partial charge in [0.05, 0.1) is 62.1 Å². The Labute approximate surface area is 271 Å². The third-order valence-corrected chi connectivity index (χ3v) is 8.13. The van der Waals surface area contributed by atoms with E-state index in [2.05, 4.69) is 0 Å². The Kier molecular flexibility index (Phi) is 11.5. The molecule has 0 aromatic heterocycles. The van der Waals surface area contributed by atoms with Crippen molar-refractivity contribution in [2.75, 3.05) is 60.6 Å². The van der Waals surface area contributed by atoms with E-state index in [1.807, 2.05) is 37.3 Å². The van der Waals surface area contributed by atoms with Gasteiger partial charge >= 0.3 is 0 Å². The molecule has 1 aromatic carbocycles. The molecule has 12 nitrogen and oxygen atoms in total. The largest absolute Gasteiger partial charge is 0.501 e. The van der Waals surface area contributed by atoms with E-state index in [4.69, 9.17) is 60.8 Å². The number of rotatable bonds is 16. The molecule has 0 heterocycles. The van der Waals surface area contributed by atoms with Gasteiger partial charge in [-0.3, -0.25) is 0 Å². The molecule has 0 saturated heterocycles. The summed E-state index contributed by atoms with van der Waals surface area (Å²) in [6.07, 6.45) is 12.2. The zero-order chi connectivity index (χ0) is 33.3. The molecule has 0 spiro atoms. The van der Waals surface area contributed by atoms with Crippen LogP contribution in [0.4, 0.5) is 5.69 Å². The predicted octanol–water partition coefficient (Wildman–Crippen LogP) is 3.52. The Morgan fingerprint density at radius 1 is 0.870 bits per heavy atom. The van der Waals surface area contributed by atoms with Gasteiger partial charge in [-0.1, -0.05) is 0 Å². The number of methoxy groups -OCH3 is 4. The van der Waals surface area contributed by atoms with Crippen molar-refractivity contribution in [3.63, 3.8) is 0 Å². The van der Waals surface area contributed by atoms with Gasteiger partial charge in [0.25, 0.3) is 0 Å². The molecular formula is C34H48N4O8. The van der Waals surface area contributed by atoms with Crippen LogP contribution in [0.1, 0.15) is 26.2 Å². The van der Waals surface area contributed by atoms with Gasteiger partial charge in [0.2, 0.25) is 0 Å². The van der Waals surface area contributed by atoms with Crippen LogP contribution in [0.5, 0.6) is 11.5 Å². The number of nitrogens with two attached hydrogens (primary N) is 4. The number of nitrogen functional groups attached to an aromatic ring is 1. The predicted molar refractivity (Wildman–Crippen MR) is 175 cm³/mol. The summed E-state index contributed by atoms with van der Waals surface area (Å²) in [5.74, 6) is 3.67. The lowest BCUT2D eigenvalue weighted by molar-refractivity contribution is -0.0819. The summed E-state index contributed by atoms with van der Waals surface area (Å²) in [5, 5.41) is 0. The number of hydrogen-bond acceptors (Lipinski definition) is 12. The van der Waals surface area contributed by atoms with Crippen molar-refractivity contribution in [1.82, 2.24) is 0 Å². The minimum Gasteiger partial charge on any atom is -0.501 e. The van der Waals surface area contributed by atoms with Crippen molar-refractivity contribution in [3.8, 4) is 11.5 Å². The molecule has 12 heteroatoms. The molecule has 0 fully saturated rings. The normalized spacial score (nSPS) is 24.1. The third kappa shape index (κ3) is 8.71. The fraction of sp³-hybridized carbons (Fsp3) is 0.471. The van der Waals surface area contributed by atoms with Crippen molar-refractivity contribution in [2.24, 2.45) is 22.6 Å². The third-order valence-electron chi connectivity index (χ3n) is 8.13. The molecule has 0 saturated carbocycles. The van der Waals surface area contributed by atoms with Crippen molar-refractivity contribution >= 4 is 5.69 Å². The molecule has 0 radical (unpaired) electrons. The maximum absolute atomic E-state index is 6.68. The Morgan fingerprint density at radius 2 is 1.63 bits per heavy atom. The first-order valence-electron chi connectivity index (χ1n) is 15.1. The molecule has 4 rings (SSSR count). The van der Waals surface area contributed by atoms with E-state index in [1.165, 1.54) is 0 Å². The Bertz CT molecular complexity index is 1410. The highest BCUT2D eigenvalue weighted by Crippen LogP contribution is 2.34. The maximum Gasteiger partial charge on any atom is 0.142 e. The van der Waals surface area contributed by atoms with Crippen molar-refractivity contribution in [1.29, 1.82) is 0 Å². The lowest BCUT2D eigenvalue weighted by Crippen LogP contribution is -2.47. The zero-order valence-corrected chi connectivity index (χ0v) is 27.4. The lowest BCUT2D eigenvalue weighted by atomic mass is 9.89. The topological polar surface area (TPSA) is 178 Å². The van der Waals surface area contributed by atoms with E-state index in [9.17, 15) is 0 Å². The highest BCUT2D eigenvalue weighted by molar-refractivity contribution is 5.56. The average molecular weight is 641 g/mol. The molecule has 0 bridgehead atoms. The summed E-state index contributed by atoms with van der Waals surface area (Å²) >= 11 is 0. The van der Waals surface area contributed by atoms with Crippen LogP contribution in [0.25, 0.3) is 0 Å². The van der Waals surface area contributed by atoms with Crippen LogP contribution in [0.3, 0.4) is 0 Å². The van der Waals surface area contributed by atoms with Gasteiger partial charge < -0.3 is 60.8 Å². The molecule has 46 heavy (non-hydrogen) atoms. The minimum atomic E-state index is -0.903. The molecular weight excluding hydrogens is 592 g/mol. The van der Waals surface area contributed by atoms with Crippen LogP contribution in [-0.4, -0.2) is 72.6 Å². The first kappa shape index (κ1) is 34.6. The van der Waals surface area contributed by atoms with Crippen LogP contribution in [0.15, 0.2) is 89.1 Å². The maximum atomic E-state index is 6.68. The van der Waals surface area contributed by atoms with Crippen LogP contribution < -0.4 is 32.4 Å². The van der Waals surface area contributed by atoms with Gasteiger partial charge in [-0.25, -0.2) is 0 Å². The highest BCUT2D eigenvalue weighted by Gasteiger charge is 2.39. The van der Waals surface area contributed by atoms with Gasteiger partial charge in [-0.2, -0.15) is 0 Å². The van der Waals surface area contributed by atoms with Gasteiger partial charge in [0.15, 0.2) is 0 Å². The first-order valence-corrected chi connectivity index (χ1v) is 15.1. The second kappa shape index (κ2) is 15.4. The average Bonchev–Trinajstić information content (AvgIpc) is 3.05. The molecule has 0 amide bonds. The van der Waals surface area contributed by atoms with Crippen LogP contribution >= 0.6 is 0 Å². The smallest absolute Gasteiger partial charge is 0.142 e. The Morgan fingerprint density at radius 3 is 2.26 bits per heavy atom. The number of hydrogen-bond donors (Lipinski definition) is 4. The van der Waals surface area contributed by atoms with Gasteiger partial charge in [-0.05, 0) is 55.9 Å². The summed E-state index contributed by atoms with van der Waals surface area (Å²) in [6, 6.07) is 5.24. The molecule has 3 aliphatic carbocycles. The molecule has 3 aliphatic rings. The fourth-order valence-corrected chi connectivity index (χ4v) is 5.20. The van der Waals surface area contributed by atoms with Gasteiger partial charge in [0, 0.05) is 37.8 Å². The quantitative estimate of drug-likeness (QED) is 0.194. The van der Waals surface area contributed by atoms with Crippen LogP contribution in [0.2, 0.25) is 0 Å². The van der Waals surface area contributed by atoms with E-state index in [0.717, 1.165) is 5.76 Å². The molecule has 1 aromatic rings. The lowest BCUT2D eigenvalue weighted by Gasteiger charge is -2.38. The second-order valence-electron chi connectivity index (χ2n) is 11.9. The van der Waals surface area contributed by atoms with Crippen LogP contribution in [0, 0.1) is 5.41 Å². The summed E-state index contributed by atoms with van der Waals surface area (Å²) in [4.78, 5) is 0. The SMILES string of the molecule is COC1=CCC(OCC(COC2=CCC(OC)C=C2N)(COC2=CC=C(OC)CC2(C)N)COc2ccc(OC)cc2N)C(N)=C1. The van der Waals surface area contributed by atoms with Gasteiger partial charge in [-0.15, -0.1) is 0 Å². The summed E-state index contributed by atoms with van der Waals surface area (Å²) in [6.45, 7) is 2.37. The summed E-state index contributed by atoms with van der Waals surface area (Å²) < 4.78 is 47.3. The molecule has 4 atom stereocenters. The number of ether oxygens (including phenoxy) is 8. The molecule has 8 N–H and O–H groups in total. The fourth-order valence-electron chi connectivity index (χ4n) is 5.20. The van der Waals surface area contributed by atoms with Crippen molar-refractivity contribution in [2.45, 2.75) is 43.9 Å². The van der Waals surface area contributed by atoms with Crippen LogP contribution in [-0.2, 0) is 28.4 Å².